The van der Waals surface area contributed by atoms with Crippen LogP contribution in [0.25, 0.3) is 0 Å². The van der Waals surface area contributed by atoms with Crippen molar-refractivity contribution in [3.05, 3.63) is 62.6 Å². The van der Waals surface area contributed by atoms with Crippen LogP contribution < -0.4 is 5.32 Å². The van der Waals surface area contributed by atoms with Crippen molar-refractivity contribution in [1.82, 2.24) is 9.80 Å². The monoisotopic (exact) mass is 441 g/mol. The number of benzene rings is 2. The number of hydrogen-bond donors (Lipinski definition) is 1. The van der Waals surface area contributed by atoms with Crippen LogP contribution in [0.3, 0.4) is 0 Å². The molecule has 0 bridgehead atoms. The van der Waals surface area contributed by atoms with Gasteiger partial charge in [0.25, 0.3) is 0 Å². The summed E-state index contributed by atoms with van der Waals surface area (Å²) in [6.45, 7) is 6.59. The predicted octanol–water partition coefficient (Wildman–Crippen LogP) is 5.86. The maximum atomic E-state index is 6.32. The summed E-state index contributed by atoms with van der Waals surface area (Å²) in [5.41, 5.74) is 3.18. The van der Waals surface area contributed by atoms with Crippen LogP contribution in [-0.4, -0.2) is 41.1 Å². The topological polar surface area (TPSA) is 18.5 Å². The zero-order valence-electron chi connectivity index (χ0n) is 15.1. The summed E-state index contributed by atoms with van der Waals surface area (Å²) in [7, 11) is 0. The van der Waals surface area contributed by atoms with E-state index in [-0.39, 0.29) is 0 Å². The van der Waals surface area contributed by atoms with Gasteiger partial charge in [-0.3, -0.25) is 4.90 Å². The van der Waals surface area contributed by atoms with E-state index in [0.717, 1.165) is 66.1 Å². The summed E-state index contributed by atoms with van der Waals surface area (Å²) in [5, 5.41) is 6.18. The number of halogens is 3. The molecule has 0 aromatic heterocycles. The van der Waals surface area contributed by atoms with Crippen LogP contribution in [0.5, 0.6) is 0 Å². The van der Waals surface area contributed by atoms with Crippen LogP contribution in [-0.2, 0) is 6.54 Å². The summed E-state index contributed by atoms with van der Waals surface area (Å²) in [6, 6.07) is 11.5. The van der Waals surface area contributed by atoms with Crippen molar-refractivity contribution in [3.8, 4) is 0 Å². The van der Waals surface area contributed by atoms with E-state index in [1.54, 1.807) is 6.07 Å². The van der Waals surface area contributed by atoms with E-state index in [0.29, 0.717) is 10.0 Å². The van der Waals surface area contributed by atoms with Crippen molar-refractivity contribution < 1.29 is 0 Å². The molecule has 7 heteroatoms. The van der Waals surface area contributed by atoms with E-state index in [2.05, 4.69) is 15.1 Å². The van der Waals surface area contributed by atoms with Gasteiger partial charge in [-0.25, -0.2) is 0 Å². The third kappa shape index (κ3) is 5.72. The number of anilines is 1. The Morgan fingerprint density at radius 2 is 1.74 bits per heavy atom. The van der Waals surface area contributed by atoms with E-state index in [1.165, 1.54) is 0 Å². The van der Waals surface area contributed by atoms with Crippen LogP contribution in [0.4, 0.5) is 5.69 Å². The molecular weight excluding hydrogens is 421 g/mol. The molecule has 3 rings (SSSR count). The third-order valence-electron chi connectivity index (χ3n) is 4.73. The molecule has 144 valence electrons. The molecule has 27 heavy (non-hydrogen) atoms. The molecule has 0 unspecified atom stereocenters. The molecule has 0 amide bonds. The van der Waals surface area contributed by atoms with E-state index < -0.39 is 0 Å². The van der Waals surface area contributed by atoms with Gasteiger partial charge in [0.2, 0.25) is 0 Å². The van der Waals surface area contributed by atoms with Crippen LogP contribution in [0.15, 0.2) is 36.4 Å². The Labute approximate surface area is 181 Å². The first kappa shape index (κ1) is 20.7. The molecule has 3 nitrogen and oxygen atoms in total. The van der Waals surface area contributed by atoms with Crippen molar-refractivity contribution in [3.63, 3.8) is 0 Å². The minimum absolute atomic E-state index is 0.665. The van der Waals surface area contributed by atoms with Gasteiger partial charge in [-0.1, -0.05) is 46.9 Å². The molecule has 1 aliphatic heterocycles. The standard InChI is InChI=1S/C20H22Cl3N3S/c1-14-3-5-17(22)12-19(14)24-20(27)26-8-2-7-25(9-10-26)13-15-4-6-16(21)11-18(15)23/h3-6,11-12H,2,7-10,13H2,1H3,(H,24,27). The normalized spacial score (nSPS) is 15.5. The first-order chi connectivity index (χ1) is 12.9. The largest absolute Gasteiger partial charge is 0.348 e. The fourth-order valence-electron chi connectivity index (χ4n) is 3.15. The predicted molar refractivity (Wildman–Crippen MR) is 120 cm³/mol. The Balaban J connectivity index is 1.59. The average Bonchev–Trinajstić information content (AvgIpc) is 2.86. The maximum Gasteiger partial charge on any atom is 0.173 e. The number of aryl methyl sites for hydroxylation is 1. The Bertz CT molecular complexity index is 828. The molecule has 1 heterocycles. The molecule has 0 spiro atoms. The van der Waals surface area contributed by atoms with Gasteiger partial charge < -0.3 is 10.2 Å². The Kier molecular flexibility index (Phi) is 7.23. The summed E-state index contributed by atoms with van der Waals surface area (Å²) < 4.78 is 0. The van der Waals surface area contributed by atoms with Crippen molar-refractivity contribution in [1.29, 1.82) is 0 Å². The van der Waals surface area contributed by atoms with Gasteiger partial charge in [0, 0.05) is 53.5 Å². The molecule has 0 saturated carbocycles. The lowest BCUT2D eigenvalue weighted by atomic mass is 10.2. The fourth-order valence-corrected chi connectivity index (χ4v) is 4.08. The van der Waals surface area contributed by atoms with Crippen molar-refractivity contribution in [2.24, 2.45) is 0 Å². The van der Waals surface area contributed by atoms with Gasteiger partial charge in [-0.2, -0.15) is 0 Å². The van der Waals surface area contributed by atoms with E-state index in [9.17, 15) is 0 Å². The van der Waals surface area contributed by atoms with Gasteiger partial charge >= 0.3 is 0 Å². The first-order valence-corrected chi connectivity index (χ1v) is 10.4. The highest BCUT2D eigenvalue weighted by atomic mass is 35.5. The Hall–Kier alpha value is -1.04. The van der Waals surface area contributed by atoms with Gasteiger partial charge in [0.15, 0.2) is 5.11 Å². The van der Waals surface area contributed by atoms with Crippen molar-refractivity contribution in [2.75, 3.05) is 31.5 Å². The van der Waals surface area contributed by atoms with Crippen LogP contribution in [0, 0.1) is 6.92 Å². The summed E-state index contributed by atoms with van der Waals surface area (Å²) >= 11 is 24.1. The number of hydrogen-bond acceptors (Lipinski definition) is 2. The van der Waals surface area contributed by atoms with E-state index in [1.807, 2.05) is 37.3 Å². The second-order valence-corrected chi connectivity index (χ2v) is 8.41. The molecule has 1 N–H and O–H groups in total. The van der Waals surface area contributed by atoms with E-state index in [4.69, 9.17) is 47.0 Å². The molecular formula is C20H22Cl3N3S. The number of nitrogens with zero attached hydrogens (tertiary/aromatic N) is 2. The van der Waals surface area contributed by atoms with Crippen LogP contribution in [0.1, 0.15) is 17.5 Å². The van der Waals surface area contributed by atoms with Crippen LogP contribution >= 0.6 is 47.0 Å². The zero-order chi connectivity index (χ0) is 19.4. The Morgan fingerprint density at radius 3 is 2.52 bits per heavy atom. The molecule has 1 aliphatic rings. The number of thiocarbonyl (C=S) groups is 1. The molecule has 0 aliphatic carbocycles. The number of nitrogens with one attached hydrogen (secondary N) is 1. The van der Waals surface area contributed by atoms with Gasteiger partial charge in [-0.15, -0.1) is 0 Å². The van der Waals surface area contributed by atoms with Gasteiger partial charge in [0.1, 0.15) is 0 Å². The minimum atomic E-state index is 0.665. The molecule has 2 aromatic rings. The zero-order valence-corrected chi connectivity index (χ0v) is 18.2. The minimum Gasteiger partial charge on any atom is -0.348 e. The molecule has 0 atom stereocenters. The second kappa shape index (κ2) is 9.44. The van der Waals surface area contributed by atoms with E-state index >= 15 is 0 Å². The Morgan fingerprint density at radius 1 is 1.00 bits per heavy atom. The highest BCUT2D eigenvalue weighted by Gasteiger charge is 2.18. The van der Waals surface area contributed by atoms with Gasteiger partial charge in [0.05, 0.1) is 0 Å². The summed E-state index contributed by atoms with van der Waals surface area (Å²) in [6.07, 6.45) is 1.04. The van der Waals surface area contributed by atoms with Gasteiger partial charge in [-0.05, 0) is 61.0 Å². The smallest absolute Gasteiger partial charge is 0.173 e. The highest BCUT2D eigenvalue weighted by molar-refractivity contribution is 7.80. The van der Waals surface area contributed by atoms with Crippen molar-refractivity contribution >= 4 is 57.8 Å². The quantitative estimate of drug-likeness (QED) is 0.600. The summed E-state index contributed by atoms with van der Waals surface area (Å²) in [5.74, 6) is 0. The molecule has 2 aromatic carbocycles. The molecule has 0 radical (unpaired) electrons. The third-order valence-corrected chi connectivity index (χ3v) is 5.91. The summed E-state index contributed by atoms with van der Waals surface area (Å²) in [4.78, 5) is 4.63. The highest BCUT2D eigenvalue weighted by Crippen LogP contribution is 2.23. The van der Waals surface area contributed by atoms with Crippen LogP contribution in [0.2, 0.25) is 15.1 Å². The second-order valence-electron chi connectivity index (χ2n) is 6.74. The maximum absolute atomic E-state index is 6.32. The lowest BCUT2D eigenvalue weighted by Crippen LogP contribution is -2.38. The number of rotatable bonds is 3. The molecule has 1 saturated heterocycles. The van der Waals surface area contributed by atoms with Crippen molar-refractivity contribution in [2.45, 2.75) is 19.9 Å². The fraction of sp³-hybridized carbons (Fsp3) is 0.350. The first-order valence-electron chi connectivity index (χ1n) is 8.91. The lowest BCUT2D eigenvalue weighted by molar-refractivity contribution is 0.278. The SMILES string of the molecule is Cc1ccc(Cl)cc1NC(=S)N1CCCN(Cc2ccc(Cl)cc2Cl)CC1. The average molecular weight is 443 g/mol. The molecule has 1 fully saturated rings. The lowest BCUT2D eigenvalue weighted by Gasteiger charge is -2.25.